The molecular weight excluding hydrogens is 290 g/mol. The number of aliphatic imine (C=N–C) groups is 1. The highest BCUT2D eigenvalue weighted by atomic mass is 16.6. The van der Waals surface area contributed by atoms with Crippen LogP contribution >= 0.6 is 0 Å². The predicted molar refractivity (Wildman–Crippen MR) is 90.8 cm³/mol. The van der Waals surface area contributed by atoms with Crippen molar-refractivity contribution in [3.8, 4) is 0 Å². The van der Waals surface area contributed by atoms with Crippen molar-refractivity contribution in [2.24, 2.45) is 4.99 Å². The highest BCUT2D eigenvalue weighted by molar-refractivity contribution is 5.80. The molecule has 2 aromatic rings. The molecule has 1 unspecified atom stereocenters. The van der Waals surface area contributed by atoms with Crippen LogP contribution in [-0.2, 0) is 6.54 Å². The molecule has 118 valence electrons. The van der Waals surface area contributed by atoms with Gasteiger partial charge in [0.05, 0.1) is 11.0 Å². The lowest BCUT2D eigenvalue weighted by molar-refractivity contribution is -0.384. The monoisotopic (exact) mass is 309 g/mol. The summed E-state index contributed by atoms with van der Waals surface area (Å²) in [4.78, 5) is 17.3. The molecule has 0 saturated carbocycles. The third kappa shape index (κ3) is 4.23. The Balaban J connectivity index is 1.54. The summed E-state index contributed by atoms with van der Waals surface area (Å²) in [6.07, 6.45) is 2.87. The number of likely N-dealkylation sites (tertiary alicyclic amines) is 1. The minimum atomic E-state index is -0.390. The molecule has 0 radical (unpaired) electrons. The zero-order valence-corrected chi connectivity index (χ0v) is 12.8. The van der Waals surface area contributed by atoms with Crippen LogP contribution in [0.2, 0.25) is 0 Å². The normalized spacial score (nSPS) is 18.5. The second-order valence-electron chi connectivity index (χ2n) is 5.79. The summed E-state index contributed by atoms with van der Waals surface area (Å²) in [7, 11) is 0. The maximum atomic E-state index is 10.6. The van der Waals surface area contributed by atoms with Gasteiger partial charge in [-0.1, -0.05) is 30.3 Å². The van der Waals surface area contributed by atoms with E-state index in [1.165, 1.54) is 17.7 Å². The summed E-state index contributed by atoms with van der Waals surface area (Å²) in [6, 6.07) is 17.2. The van der Waals surface area contributed by atoms with Crippen LogP contribution in [0.1, 0.15) is 17.5 Å². The standard InChI is InChI=1S/C18H19N3O2/c22-21(23)18-8-6-15(7-9-18)12-19-17-10-11-20(14-17)13-16-4-2-1-3-5-16/h1-9,12,17H,10-11,13-14H2. The zero-order valence-electron chi connectivity index (χ0n) is 12.8. The Morgan fingerprint density at radius 3 is 2.61 bits per heavy atom. The first-order valence-electron chi connectivity index (χ1n) is 7.74. The minimum Gasteiger partial charge on any atom is -0.297 e. The van der Waals surface area contributed by atoms with E-state index in [-0.39, 0.29) is 10.6 Å². The topological polar surface area (TPSA) is 58.7 Å². The average molecular weight is 309 g/mol. The molecule has 1 saturated heterocycles. The summed E-state index contributed by atoms with van der Waals surface area (Å²) in [5.41, 5.74) is 2.33. The number of non-ortho nitro benzene ring substituents is 1. The maximum absolute atomic E-state index is 10.6. The molecule has 0 bridgehead atoms. The Morgan fingerprint density at radius 2 is 1.91 bits per heavy atom. The van der Waals surface area contributed by atoms with Crippen molar-refractivity contribution in [1.82, 2.24) is 4.90 Å². The number of hydrogen-bond acceptors (Lipinski definition) is 4. The summed E-state index contributed by atoms with van der Waals surface area (Å²) in [5.74, 6) is 0. The van der Waals surface area contributed by atoms with Crippen molar-refractivity contribution < 1.29 is 4.92 Å². The highest BCUT2D eigenvalue weighted by Gasteiger charge is 2.21. The number of nitrogens with zero attached hydrogens (tertiary/aromatic N) is 3. The van der Waals surface area contributed by atoms with Crippen molar-refractivity contribution in [3.05, 3.63) is 75.8 Å². The van der Waals surface area contributed by atoms with Gasteiger partial charge in [-0.15, -0.1) is 0 Å². The summed E-state index contributed by atoms with van der Waals surface area (Å²) in [6.45, 7) is 2.97. The number of nitro benzene ring substituents is 1. The summed E-state index contributed by atoms with van der Waals surface area (Å²) < 4.78 is 0. The molecule has 0 aliphatic carbocycles. The number of nitro groups is 1. The molecule has 1 heterocycles. The molecule has 1 atom stereocenters. The molecule has 1 fully saturated rings. The molecule has 2 aromatic carbocycles. The van der Waals surface area contributed by atoms with Crippen molar-refractivity contribution >= 4 is 11.9 Å². The lowest BCUT2D eigenvalue weighted by atomic mass is 10.2. The molecule has 1 aliphatic heterocycles. The van der Waals surface area contributed by atoms with Gasteiger partial charge >= 0.3 is 0 Å². The fourth-order valence-corrected chi connectivity index (χ4v) is 2.79. The number of benzene rings is 2. The van der Waals surface area contributed by atoms with E-state index < -0.39 is 0 Å². The third-order valence-corrected chi connectivity index (χ3v) is 4.03. The van der Waals surface area contributed by atoms with Crippen LogP contribution < -0.4 is 0 Å². The average Bonchev–Trinajstić information content (AvgIpc) is 3.02. The van der Waals surface area contributed by atoms with Gasteiger partial charge in [-0.3, -0.25) is 20.0 Å². The predicted octanol–water partition coefficient (Wildman–Crippen LogP) is 3.29. The Labute approximate surface area is 135 Å². The van der Waals surface area contributed by atoms with Crippen LogP contribution in [0.5, 0.6) is 0 Å². The molecule has 0 N–H and O–H groups in total. The van der Waals surface area contributed by atoms with Crippen LogP contribution in [0.15, 0.2) is 59.6 Å². The second kappa shape index (κ2) is 7.15. The van der Waals surface area contributed by atoms with E-state index in [0.29, 0.717) is 6.04 Å². The minimum absolute atomic E-state index is 0.108. The van der Waals surface area contributed by atoms with Gasteiger partial charge in [-0.2, -0.15) is 0 Å². The van der Waals surface area contributed by atoms with E-state index in [1.807, 2.05) is 12.3 Å². The smallest absolute Gasteiger partial charge is 0.269 e. The third-order valence-electron chi connectivity index (χ3n) is 4.03. The largest absolute Gasteiger partial charge is 0.297 e. The molecule has 3 rings (SSSR count). The second-order valence-corrected chi connectivity index (χ2v) is 5.79. The van der Waals surface area contributed by atoms with E-state index in [4.69, 9.17) is 0 Å². The van der Waals surface area contributed by atoms with E-state index >= 15 is 0 Å². The SMILES string of the molecule is O=[N+]([O-])c1ccc(C=NC2CCN(Cc3ccccc3)C2)cc1. The summed E-state index contributed by atoms with van der Waals surface area (Å²) in [5, 5.41) is 10.6. The first-order valence-corrected chi connectivity index (χ1v) is 7.74. The Bertz CT molecular complexity index is 683. The maximum Gasteiger partial charge on any atom is 0.269 e. The fourth-order valence-electron chi connectivity index (χ4n) is 2.79. The van der Waals surface area contributed by atoms with Crippen molar-refractivity contribution in [2.45, 2.75) is 19.0 Å². The lowest BCUT2D eigenvalue weighted by Crippen LogP contribution is -2.21. The molecule has 23 heavy (non-hydrogen) atoms. The van der Waals surface area contributed by atoms with Gasteiger partial charge in [-0.25, -0.2) is 0 Å². The molecule has 0 aromatic heterocycles. The van der Waals surface area contributed by atoms with Crippen LogP contribution in [0.25, 0.3) is 0 Å². The Morgan fingerprint density at radius 1 is 1.17 bits per heavy atom. The zero-order chi connectivity index (χ0) is 16.1. The van der Waals surface area contributed by atoms with E-state index in [0.717, 1.165) is 31.6 Å². The lowest BCUT2D eigenvalue weighted by Gasteiger charge is -2.14. The van der Waals surface area contributed by atoms with Crippen LogP contribution in [0.4, 0.5) is 5.69 Å². The quantitative estimate of drug-likeness (QED) is 0.484. The Hall–Kier alpha value is -2.53. The van der Waals surface area contributed by atoms with Crippen LogP contribution in [-0.4, -0.2) is 35.2 Å². The molecular formula is C18H19N3O2. The van der Waals surface area contributed by atoms with Gasteiger partial charge in [0.1, 0.15) is 0 Å². The fraction of sp³-hybridized carbons (Fsp3) is 0.278. The van der Waals surface area contributed by atoms with Gasteiger partial charge in [0, 0.05) is 38.0 Å². The summed E-state index contributed by atoms with van der Waals surface area (Å²) >= 11 is 0. The number of hydrogen-bond donors (Lipinski definition) is 0. The van der Waals surface area contributed by atoms with E-state index in [1.54, 1.807) is 12.1 Å². The van der Waals surface area contributed by atoms with Gasteiger partial charge in [0.25, 0.3) is 5.69 Å². The Kier molecular flexibility index (Phi) is 4.78. The van der Waals surface area contributed by atoms with E-state index in [2.05, 4.69) is 34.2 Å². The first-order chi connectivity index (χ1) is 11.2. The van der Waals surface area contributed by atoms with Gasteiger partial charge in [-0.05, 0) is 29.7 Å². The molecule has 1 aliphatic rings. The van der Waals surface area contributed by atoms with Crippen molar-refractivity contribution in [3.63, 3.8) is 0 Å². The van der Waals surface area contributed by atoms with E-state index in [9.17, 15) is 10.1 Å². The number of rotatable bonds is 5. The van der Waals surface area contributed by atoms with Crippen LogP contribution in [0.3, 0.4) is 0 Å². The van der Waals surface area contributed by atoms with Gasteiger partial charge in [0.15, 0.2) is 0 Å². The van der Waals surface area contributed by atoms with Crippen LogP contribution in [0, 0.1) is 10.1 Å². The highest BCUT2D eigenvalue weighted by Crippen LogP contribution is 2.16. The first kappa shape index (κ1) is 15.4. The molecule has 0 spiro atoms. The molecule has 0 amide bonds. The van der Waals surface area contributed by atoms with Gasteiger partial charge in [0.2, 0.25) is 0 Å². The van der Waals surface area contributed by atoms with Crippen molar-refractivity contribution in [1.29, 1.82) is 0 Å². The molecule has 5 heteroatoms. The van der Waals surface area contributed by atoms with Gasteiger partial charge < -0.3 is 0 Å². The molecule has 5 nitrogen and oxygen atoms in total. The van der Waals surface area contributed by atoms with Crippen molar-refractivity contribution in [2.75, 3.05) is 13.1 Å².